The number of allylic oxidation sites excluding steroid dienone is 7. The maximum absolute atomic E-state index is 3.96. The third kappa shape index (κ3) is 2.73. The van der Waals surface area contributed by atoms with Gasteiger partial charge >= 0.3 is 0 Å². The Morgan fingerprint density at radius 1 is 1.36 bits per heavy atom. The molecule has 0 aromatic heterocycles. The van der Waals surface area contributed by atoms with Crippen molar-refractivity contribution in [2.75, 3.05) is 0 Å². The van der Waals surface area contributed by atoms with Crippen LogP contribution < -0.4 is 0 Å². The van der Waals surface area contributed by atoms with Gasteiger partial charge in [-0.3, -0.25) is 0 Å². The predicted molar refractivity (Wildman–Crippen MR) is 64.2 cm³/mol. The van der Waals surface area contributed by atoms with Crippen molar-refractivity contribution in [2.24, 2.45) is 5.92 Å². The van der Waals surface area contributed by atoms with Gasteiger partial charge in [-0.2, -0.15) is 0 Å². The van der Waals surface area contributed by atoms with E-state index in [1.54, 1.807) is 0 Å². The summed E-state index contributed by atoms with van der Waals surface area (Å²) in [6.07, 6.45) is 7.81. The van der Waals surface area contributed by atoms with E-state index in [-0.39, 0.29) is 0 Å². The Hall–Kier alpha value is -1.04. The van der Waals surface area contributed by atoms with Gasteiger partial charge in [0.15, 0.2) is 0 Å². The molecule has 0 aromatic carbocycles. The fourth-order valence-corrected chi connectivity index (χ4v) is 1.65. The van der Waals surface area contributed by atoms with Gasteiger partial charge in [0.1, 0.15) is 0 Å². The zero-order chi connectivity index (χ0) is 10.7. The minimum atomic E-state index is 0.564. The van der Waals surface area contributed by atoms with Crippen molar-refractivity contribution < 1.29 is 0 Å². The van der Waals surface area contributed by atoms with Crippen LogP contribution >= 0.6 is 0 Å². The van der Waals surface area contributed by atoms with E-state index < -0.39 is 0 Å². The van der Waals surface area contributed by atoms with E-state index in [0.29, 0.717) is 5.92 Å². The van der Waals surface area contributed by atoms with Crippen LogP contribution in [0.25, 0.3) is 0 Å². The number of hydrogen-bond donors (Lipinski definition) is 0. The van der Waals surface area contributed by atoms with Crippen molar-refractivity contribution in [3.05, 3.63) is 47.1 Å². The monoisotopic (exact) mass is 188 g/mol. The molecular formula is C14H20. The number of hydrogen-bond acceptors (Lipinski definition) is 0. The normalized spacial score (nSPS) is 22.0. The van der Waals surface area contributed by atoms with E-state index in [1.807, 2.05) is 0 Å². The first-order valence-corrected chi connectivity index (χ1v) is 5.21. The van der Waals surface area contributed by atoms with E-state index in [9.17, 15) is 0 Å². The molecule has 0 amide bonds. The van der Waals surface area contributed by atoms with Crippen LogP contribution in [0.1, 0.15) is 34.1 Å². The molecule has 14 heavy (non-hydrogen) atoms. The Morgan fingerprint density at radius 2 is 2.00 bits per heavy atom. The first-order chi connectivity index (χ1) is 6.50. The van der Waals surface area contributed by atoms with Gasteiger partial charge in [-0.05, 0) is 38.7 Å². The van der Waals surface area contributed by atoms with Crippen molar-refractivity contribution in [2.45, 2.75) is 34.1 Å². The summed E-state index contributed by atoms with van der Waals surface area (Å²) in [6.45, 7) is 12.7. The summed E-state index contributed by atoms with van der Waals surface area (Å²) >= 11 is 0. The van der Waals surface area contributed by atoms with Gasteiger partial charge in [0.25, 0.3) is 0 Å². The van der Waals surface area contributed by atoms with Gasteiger partial charge in [-0.1, -0.05) is 48.5 Å². The summed E-state index contributed by atoms with van der Waals surface area (Å²) in [5.41, 5.74) is 5.46. The maximum Gasteiger partial charge on any atom is -0.00455 e. The lowest BCUT2D eigenvalue weighted by Gasteiger charge is -2.08. The van der Waals surface area contributed by atoms with E-state index >= 15 is 0 Å². The molecule has 1 atom stereocenters. The first kappa shape index (κ1) is 11.0. The molecule has 0 aromatic rings. The smallest absolute Gasteiger partial charge is 0.00455 e. The van der Waals surface area contributed by atoms with Crippen LogP contribution in [0.15, 0.2) is 47.1 Å². The Kier molecular flexibility index (Phi) is 3.51. The molecule has 0 saturated heterocycles. The Labute approximate surface area is 87.7 Å². The molecule has 0 N–H and O–H groups in total. The molecular weight excluding hydrogens is 168 g/mol. The molecule has 1 aliphatic rings. The highest BCUT2D eigenvalue weighted by Crippen LogP contribution is 2.25. The third-order valence-corrected chi connectivity index (χ3v) is 2.76. The second-order valence-corrected chi connectivity index (χ2v) is 4.37. The van der Waals surface area contributed by atoms with Crippen LogP contribution in [0.2, 0.25) is 0 Å². The van der Waals surface area contributed by atoms with Crippen LogP contribution in [0, 0.1) is 5.92 Å². The van der Waals surface area contributed by atoms with Crippen LogP contribution in [-0.2, 0) is 0 Å². The van der Waals surface area contributed by atoms with Crippen LogP contribution in [-0.4, -0.2) is 0 Å². The summed E-state index contributed by atoms with van der Waals surface area (Å²) in [5, 5.41) is 0. The molecule has 0 radical (unpaired) electrons. The molecule has 0 heterocycles. The predicted octanol–water partition coefficient (Wildman–Crippen LogP) is 4.42. The Bertz CT molecular complexity index is 324. The second kappa shape index (κ2) is 4.45. The molecule has 1 unspecified atom stereocenters. The maximum atomic E-state index is 3.96. The molecule has 0 bridgehead atoms. The van der Waals surface area contributed by atoms with Crippen molar-refractivity contribution in [3.63, 3.8) is 0 Å². The Balaban J connectivity index is 2.95. The minimum absolute atomic E-state index is 0.564. The van der Waals surface area contributed by atoms with E-state index in [2.05, 4.69) is 52.5 Å². The van der Waals surface area contributed by atoms with Gasteiger partial charge in [0, 0.05) is 0 Å². The first-order valence-electron chi connectivity index (χ1n) is 5.21. The summed E-state index contributed by atoms with van der Waals surface area (Å²) in [5.74, 6) is 0.564. The lowest BCUT2D eigenvalue weighted by molar-refractivity contribution is 0.857. The SMILES string of the molecule is C=C(C)CC1=CC=C(C)C(C)C=C1C. The van der Waals surface area contributed by atoms with Crippen molar-refractivity contribution in [3.8, 4) is 0 Å². The van der Waals surface area contributed by atoms with Crippen LogP contribution in [0.3, 0.4) is 0 Å². The van der Waals surface area contributed by atoms with Crippen LogP contribution in [0.5, 0.6) is 0 Å². The average Bonchev–Trinajstić information content (AvgIpc) is 2.18. The fraction of sp³-hybridized carbons (Fsp3) is 0.429. The molecule has 0 nitrogen and oxygen atoms in total. The zero-order valence-electron chi connectivity index (χ0n) is 9.72. The van der Waals surface area contributed by atoms with Crippen molar-refractivity contribution >= 4 is 0 Å². The van der Waals surface area contributed by atoms with Gasteiger partial charge in [-0.15, -0.1) is 0 Å². The second-order valence-electron chi connectivity index (χ2n) is 4.37. The fourth-order valence-electron chi connectivity index (χ4n) is 1.65. The largest absolute Gasteiger partial charge is 0.0998 e. The zero-order valence-corrected chi connectivity index (χ0v) is 9.72. The standard InChI is InChI=1S/C14H20/c1-10(2)8-14-7-6-11(3)12(4)9-13(14)5/h6-7,9,12H,1,8H2,2-5H3. The summed E-state index contributed by atoms with van der Waals surface area (Å²) < 4.78 is 0. The van der Waals surface area contributed by atoms with Gasteiger partial charge in [0.2, 0.25) is 0 Å². The molecule has 1 aliphatic carbocycles. The van der Waals surface area contributed by atoms with Gasteiger partial charge in [-0.25, -0.2) is 0 Å². The number of rotatable bonds is 2. The highest BCUT2D eigenvalue weighted by molar-refractivity contribution is 5.40. The molecule has 0 spiro atoms. The molecule has 1 rings (SSSR count). The minimum Gasteiger partial charge on any atom is -0.0998 e. The lowest BCUT2D eigenvalue weighted by Crippen LogP contribution is -1.92. The van der Waals surface area contributed by atoms with Crippen molar-refractivity contribution in [1.29, 1.82) is 0 Å². The topological polar surface area (TPSA) is 0 Å². The van der Waals surface area contributed by atoms with Gasteiger partial charge < -0.3 is 0 Å². The van der Waals surface area contributed by atoms with E-state index in [1.165, 1.54) is 22.3 Å². The Morgan fingerprint density at radius 3 is 2.57 bits per heavy atom. The highest BCUT2D eigenvalue weighted by Gasteiger charge is 2.08. The van der Waals surface area contributed by atoms with E-state index in [0.717, 1.165) is 6.42 Å². The summed E-state index contributed by atoms with van der Waals surface area (Å²) in [6, 6.07) is 0. The van der Waals surface area contributed by atoms with Crippen LogP contribution in [0.4, 0.5) is 0 Å². The van der Waals surface area contributed by atoms with Gasteiger partial charge in [0.05, 0.1) is 0 Å². The molecule has 0 aliphatic heterocycles. The molecule has 0 fully saturated rings. The quantitative estimate of drug-likeness (QED) is 0.563. The van der Waals surface area contributed by atoms with E-state index in [4.69, 9.17) is 0 Å². The average molecular weight is 188 g/mol. The van der Waals surface area contributed by atoms with Crippen molar-refractivity contribution in [1.82, 2.24) is 0 Å². The molecule has 76 valence electrons. The summed E-state index contributed by atoms with van der Waals surface area (Å²) in [4.78, 5) is 0. The molecule has 0 heteroatoms. The summed E-state index contributed by atoms with van der Waals surface area (Å²) in [7, 11) is 0. The highest BCUT2D eigenvalue weighted by atomic mass is 14.1. The third-order valence-electron chi connectivity index (χ3n) is 2.76. The molecule has 0 saturated carbocycles. The lowest BCUT2D eigenvalue weighted by atomic mass is 9.98.